The average Bonchev–Trinajstić information content (AvgIpc) is 3.32. The number of hydrogen-bond acceptors (Lipinski definition) is 8. The molecular weight excluding hydrogens is 550 g/mol. The zero-order chi connectivity index (χ0) is 29.8. The summed E-state index contributed by atoms with van der Waals surface area (Å²) in [5.41, 5.74) is 3.22. The van der Waals surface area contributed by atoms with Crippen molar-refractivity contribution in [2.75, 3.05) is 31.7 Å². The van der Waals surface area contributed by atoms with Crippen LogP contribution < -0.4 is 24.5 Å². The van der Waals surface area contributed by atoms with Crippen LogP contribution in [0.3, 0.4) is 0 Å². The Morgan fingerprint density at radius 3 is 2.48 bits per heavy atom. The van der Waals surface area contributed by atoms with Crippen molar-refractivity contribution in [2.45, 2.75) is 26.8 Å². The number of benzene rings is 3. The quantitative estimate of drug-likeness (QED) is 0.292. The van der Waals surface area contributed by atoms with Gasteiger partial charge in [0.1, 0.15) is 11.5 Å². The smallest absolute Gasteiger partial charge is 0.338 e. The summed E-state index contributed by atoms with van der Waals surface area (Å²) in [6, 6.07) is 21.3. The lowest BCUT2D eigenvalue weighted by Crippen LogP contribution is -2.40. The minimum Gasteiger partial charge on any atom is -0.507 e. The predicted octanol–water partition coefficient (Wildman–Crippen LogP) is 4.50. The Kier molecular flexibility index (Phi) is 8.59. The van der Waals surface area contributed by atoms with E-state index in [9.17, 15) is 14.7 Å². The van der Waals surface area contributed by atoms with Crippen LogP contribution in [0.4, 0.5) is 5.69 Å². The number of phenols is 1. The number of ether oxygens (including phenoxy) is 2. The van der Waals surface area contributed by atoms with Crippen LogP contribution in [0, 0.1) is 0 Å². The summed E-state index contributed by atoms with van der Waals surface area (Å²) < 4.78 is 12.9. The molecule has 0 aliphatic carbocycles. The van der Waals surface area contributed by atoms with Crippen LogP contribution in [0.5, 0.6) is 11.5 Å². The summed E-state index contributed by atoms with van der Waals surface area (Å²) in [5, 5.41) is 10.9. The van der Waals surface area contributed by atoms with Crippen molar-refractivity contribution >= 4 is 34.8 Å². The Hall–Kier alpha value is -4.63. The maximum atomic E-state index is 14.1. The van der Waals surface area contributed by atoms with Crippen molar-refractivity contribution in [1.82, 2.24) is 4.57 Å². The minimum absolute atomic E-state index is 0.0757. The molecule has 1 N–H and O–H groups in total. The molecule has 0 radical (unpaired) electrons. The Morgan fingerprint density at radius 2 is 1.81 bits per heavy atom. The fourth-order valence-electron chi connectivity index (χ4n) is 5.15. The van der Waals surface area contributed by atoms with Gasteiger partial charge in [0.05, 0.1) is 35.6 Å². The third-order valence-electron chi connectivity index (χ3n) is 7.21. The minimum atomic E-state index is -0.814. The van der Waals surface area contributed by atoms with Gasteiger partial charge < -0.3 is 19.5 Å². The normalized spacial score (nSPS) is 14.8. The molecule has 0 fully saturated rings. The van der Waals surface area contributed by atoms with Gasteiger partial charge in [-0.3, -0.25) is 9.36 Å². The highest BCUT2D eigenvalue weighted by Crippen LogP contribution is 2.36. The maximum absolute atomic E-state index is 14.1. The summed E-state index contributed by atoms with van der Waals surface area (Å²) in [4.78, 5) is 35.1. The number of thiazole rings is 1. The number of fused-ring (bicyclic) bond motifs is 1. The third kappa shape index (κ3) is 5.47. The molecule has 42 heavy (non-hydrogen) atoms. The van der Waals surface area contributed by atoms with E-state index in [1.807, 2.05) is 60.7 Å². The molecule has 0 bridgehead atoms. The Labute approximate surface area is 248 Å². The fourth-order valence-corrected chi connectivity index (χ4v) is 6.14. The van der Waals surface area contributed by atoms with Crippen LogP contribution in [0.25, 0.3) is 11.8 Å². The monoisotopic (exact) mass is 583 g/mol. The van der Waals surface area contributed by atoms with E-state index in [0.717, 1.165) is 24.3 Å². The Balaban J connectivity index is 1.77. The molecule has 8 nitrogen and oxygen atoms in total. The first kappa shape index (κ1) is 28.9. The van der Waals surface area contributed by atoms with Crippen molar-refractivity contribution < 1.29 is 19.4 Å². The molecule has 3 aromatic carbocycles. The number of rotatable bonds is 9. The number of phenolic OH excluding ortho intramolecular Hbond substituents is 1. The highest BCUT2D eigenvalue weighted by atomic mass is 32.1. The first-order chi connectivity index (χ1) is 20.4. The second kappa shape index (κ2) is 12.5. The highest BCUT2D eigenvalue weighted by molar-refractivity contribution is 7.07. The molecule has 0 spiro atoms. The van der Waals surface area contributed by atoms with E-state index in [4.69, 9.17) is 14.5 Å². The van der Waals surface area contributed by atoms with Crippen LogP contribution in [-0.4, -0.2) is 42.4 Å². The molecule has 2 heterocycles. The van der Waals surface area contributed by atoms with E-state index in [0.29, 0.717) is 31.9 Å². The molecule has 1 aliphatic heterocycles. The zero-order valence-corrected chi connectivity index (χ0v) is 24.9. The lowest BCUT2D eigenvalue weighted by Gasteiger charge is -2.26. The molecule has 5 rings (SSSR count). The number of hydrogen-bond donors (Lipinski definition) is 1. The Bertz CT molecular complexity index is 1820. The number of carbonyl (C=O) groups is 1. The molecule has 1 aromatic heterocycles. The SMILES string of the molecule is CCOC(=O)C1=C(c2ccccc2)N=c2s/c(=C\c3ccc(N(CC)CC)cc3O)c(=O)n2[C@@H]1c1cccc(OC)c1. The number of methoxy groups -OCH3 is 1. The third-order valence-corrected chi connectivity index (χ3v) is 8.20. The first-order valence-electron chi connectivity index (χ1n) is 13.9. The van der Waals surface area contributed by atoms with Crippen LogP contribution in [-0.2, 0) is 9.53 Å². The summed E-state index contributed by atoms with van der Waals surface area (Å²) in [6.07, 6.45) is 1.67. The number of carbonyl (C=O) groups excluding carboxylic acids is 1. The van der Waals surface area contributed by atoms with Crippen molar-refractivity contribution in [3.05, 3.63) is 115 Å². The molecule has 4 aromatic rings. The van der Waals surface area contributed by atoms with Gasteiger partial charge in [0.2, 0.25) is 0 Å². The molecule has 0 saturated heterocycles. The number of nitrogens with zero attached hydrogens (tertiary/aromatic N) is 3. The fraction of sp³-hybridized carbons (Fsp3) is 0.242. The van der Waals surface area contributed by atoms with Gasteiger partial charge in [0, 0.05) is 36.0 Å². The van der Waals surface area contributed by atoms with Crippen LogP contribution >= 0.6 is 11.3 Å². The second-order valence-electron chi connectivity index (χ2n) is 9.62. The van der Waals surface area contributed by atoms with Gasteiger partial charge in [-0.2, -0.15) is 0 Å². The maximum Gasteiger partial charge on any atom is 0.338 e. The summed E-state index contributed by atoms with van der Waals surface area (Å²) >= 11 is 1.21. The number of aromatic hydroxyl groups is 1. The predicted molar refractivity (Wildman–Crippen MR) is 166 cm³/mol. The van der Waals surface area contributed by atoms with Crippen LogP contribution in [0.1, 0.15) is 43.5 Å². The molecule has 9 heteroatoms. The van der Waals surface area contributed by atoms with Crippen LogP contribution in [0.2, 0.25) is 0 Å². The van der Waals surface area contributed by atoms with E-state index in [1.165, 1.54) is 15.9 Å². The highest BCUT2D eigenvalue weighted by Gasteiger charge is 2.35. The summed E-state index contributed by atoms with van der Waals surface area (Å²) in [5.74, 6) is 0.118. The van der Waals surface area contributed by atoms with Gasteiger partial charge >= 0.3 is 5.97 Å². The molecule has 1 atom stereocenters. The van der Waals surface area contributed by atoms with Gasteiger partial charge in [-0.05, 0) is 56.7 Å². The lowest BCUT2D eigenvalue weighted by atomic mass is 9.93. The first-order valence-corrected chi connectivity index (χ1v) is 14.7. The molecule has 0 saturated carbocycles. The van der Waals surface area contributed by atoms with E-state index >= 15 is 0 Å². The van der Waals surface area contributed by atoms with Gasteiger partial charge in [0.15, 0.2) is 4.80 Å². The van der Waals surface area contributed by atoms with Gasteiger partial charge in [-0.1, -0.05) is 53.8 Å². The zero-order valence-electron chi connectivity index (χ0n) is 24.0. The topological polar surface area (TPSA) is 93.4 Å². The molecule has 0 amide bonds. The summed E-state index contributed by atoms with van der Waals surface area (Å²) in [6.45, 7) is 7.65. The number of anilines is 1. The molecule has 0 unspecified atom stereocenters. The van der Waals surface area contributed by atoms with Crippen molar-refractivity contribution in [1.29, 1.82) is 0 Å². The number of esters is 1. The van der Waals surface area contributed by atoms with E-state index in [-0.39, 0.29) is 23.5 Å². The van der Waals surface area contributed by atoms with Crippen molar-refractivity contribution in [2.24, 2.45) is 4.99 Å². The molecular formula is C33H33N3O5S. The lowest BCUT2D eigenvalue weighted by molar-refractivity contribution is -0.138. The van der Waals surface area contributed by atoms with Crippen LogP contribution in [0.15, 0.2) is 88.2 Å². The standard InChI is InChI=1S/C33H33N3O5S/c1-5-35(6-2)24-17-16-22(26(37)20-24)19-27-31(38)36-30(23-14-11-15-25(18-23)40-4)28(32(39)41-7-3)29(34-33(36)42-27)21-12-9-8-10-13-21/h8-20,30,37H,5-7H2,1-4H3/b27-19-/t30-/m1/s1. The van der Waals surface area contributed by atoms with E-state index in [1.54, 1.807) is 32.2 Å². The second-order valence-corrected chi connectivity index (χ2v) is 10.6. The molecule has 216 valence electrons. The van der Waals surface area contributed by atoms with Crippen molar-refractivity contribution in [3.63, 3.8) is 0 Å². The summed E-state index contributed by atoms with van der Waals surface area (Å²) in [7, 11) is 1.57. The van der Waals surface area contributed by atoms with E-state index in [2.05, 4.69) is 18.7 Å². The Morgan fingerprint density at radius 1 is 1.05 bits per heavy atom. The average molecular weight is 584 g/mol. The van der Waals surface area contributed by atoms with E-state index < -0.39 is 12.0 Å². The van der Waals surface area contributed by atoms with Gasteiger partial charge in [-0.25, -0.2) is 9.79 Å². The molecule has 1 aliphatic rings. The number of aromatic nitrogens is 1. The van der Waals surface area contributed by atoms with Crippen molar-refractivity contribution in [3.8, 4) is 11.5 Å². The largest absolute Gasteiger partial charge is 0.507 e. The van der Waals surface area contributed by atoms with Gasteiger partial charge in [0.25, 0.3) is 5.56 Å². The van der Waals surface area contributed by atoms with Gasteiger partial charge in [-0.15, -0.1) is 0 Å².